The fraction of sp³-hybridized carbons (Fsp3) is 0.500. The van der Waals surface area contributed by atoms with Crippen LogP contribution in [0.15, 0.2) is 16.6 Å². The molecular formula is C12H11BrF4N2O2. The van der Waals surface area contributed by atoms with Crippen LogP contribution in [0, 0.1) is 21.8 Å². The van der Waals surface area contributed by atoms with Gasteiger partial charge in [0.25, 0.3) is 0 Å². The lowest BCUT2D eigenvalue weighted by Crippen LogP contribution is -2.39. The highest BCUT2D eigenvalue weighted by molar-refractivity contribution is 9.10. The molecule has 1 aromatic carbocycles. The van der Waals surface area contributed by atoms with Crippen LogP contribution in [0.25, 0.3) is 0 Å². The molecule has 0 radical (unpaired) electrons. The van der Waals surface area contributed by atoms with Crippen molar-refractivity contribution in [2.45, 2.75) is 19.0 Å². The Bertz CT molecular complexity index is 557. The van der Waals surface area contributed by atoms with Gasteiger partial charge in [0.15, 0.2) is 0 Å². The van der Waals surface area contributed by atoms with Crippen molar-refractivity contribution in [2.75, 3.05) is 18.0 Å². The van der Waals surface area contributed by atoms with Gasteiger partial charge in [-0.05, 0) is 25.0 Å². The maximum Gasteiger partial charge on any atom is 0.391 e. The van der Waals surface area contributed by atoms with Gasteiger partial charge >= 0.3 is 11.9 Å². The van der Waals surface area contributed by atoms with Gasteiger partial charge in [-0.1, -0.05) is 15.9 Å². The molecule has 1 aliphatic heterocycles. The van der Waals surface area contributed by atoms with E-state index < -0.39 is 28.5 Å². The normalized spacial score (nSPS) is 17.1. The summed E-state index contributed by atoms with van der Waals surface area (Å²) in [7, 11) is 0. The zero-order valence-corrected chi connectivity index (χ0v) is 12.2. The van der Waals surface area contributed by atoms with E-state index in [-0.39, 0.29) is 31.6 Å². The Labute approximate surface area is 126 Å². The molecule has 9 heteroatoms. The van der Waals surface area contributed by atoms with Crippen molar-refractivity contribution < 1.29 is 22.5 Å². The molecule has 1 saturated heterocycles. The quantitative estimate of drug-likeness (QED) is 0.443. The maximum atomic E-state index is 13.7. The molecule has 0 aliphatic carbocycles. The number of hydrogen-bond acceptors (Lipinski definition) is 3. The molecule has 1 heterocycles. The number of rotatable bonds is 2. The largest absolute Gasteiger partial charge is 0.391 e. The third-order valence-corrected chi connectivity index (χ3v) is 3.95. The Morgan fingerprint density at radius 2 is 1.86 bits per heavy atom. The van der Waals surface area contributed by atoms with Gasteiger partial charge in [0.1, 0.15) is 5.69 Å². The van der Waals surface area contributed by atoms with Crippen LogP contribution in [-0.2, 0) is 0 Å². The number of hydrogen-bond donors (Lipinski definition) is 0. The van der Waals surface area contributed by atoms with Crippen LogP contribution in [0.3, 0.4) is 0 Å². The highest BCUT2D eigenvalue weighted by Gasteiger charge is 2.42. The molecule has 0 saturated carbocycles. The topological polar surface area (TPSA) is 46.4 Å². The van der Waals surface area contributed by atoms with Crippen molar-refractivity contribution in [1.29, 1.82) is 0 Å². The van der Waals surface area contributed by atoms with Crippen LogP contribution >= 0.6 is 15.9 Å². The van der Waals surface area contributed by atoms with Crippen LogP contribution < -0.4 is 4.90 Å². The van der Waals surface area contributed by atoms with Gasteiger partial charge in [-0.25, -0.2) is 0 Å². The summed E-state index contributed by atoms with van der Waals surface area (Å²) in [4.78, 5) is 11.5. The number of benzene rings is 1. The molecule has 0 atom stereocenters. The average molecular weight is 371 g/mol. The molecule has 0 N–H and O–H groups in total. The zero-order chi connectivity index (χ0) is 15.8. The Hall–Kier alpha value is -1.38. The van der Waals surface area contributed by atoms with Crippen LogP contribution in [0.1, 0.15) is 12.8 Å². The molecule has 1 aliphatic rings. The Morgan fingerprint density at radius 1 is 1.29 bits per heavy atom. The summed E-state index contributed by atoms with van der Waals surface area (Å²) in [5.41, 5.74) is -0.698. The summed E-state index contributed by atoms with van der Waals surface area (Å²) in [6.45, 7) is 0.00181. The van der Waals surface area contributed by atoms with Gasteiger partial charge < -0.3 is 4.90 Å². The van der Waals surface area contributed by atoms with Crippen LogP contribution in [0.5, 0.6) is 0 Å². The number of piperidine rings is 1. The smallest absolute Gasteiger partial charge is 0.366 e. The summed E-state index contributed by atoms with van der Waals surface area (Å²) in [6.07, 6.45) is -4.58. The summed E-state index contributed by atoms with van der Waals surface area (Å²) in [5.74, 6) is -2.42. The SMILES string of the molecule is O=[N+]([O-])c1c(F)cc(Br)cc1N1CCC(C(F)(F)F)CC1. The summed E-state index contributed by atoms with van der Waals surface area (Å²) in [6, 6.07) is 2.32. The molecule has 0 spiro atoms. The maximum absolute atomic E-state index is 13.7. The second kappa shape index (κ2) is 5.78. The molecule has 1 aromatic rings. The van der Waals surface area contributed by atoms with Crippen molar-refractivity contribution >= 4 is 27.3 Å². The Kier molecular flexibility index (Phi) is 4.40. The molecule has 0 unspecified atom stereocenters. The fourth-order valence-corrected chi connectivity index (χ4v) is 2.84. The van der Waals surface area contributed by atoms with E-state index in [9.17, 15) is 27.7 Å². The number of nitro benzene ring substituents is 1. The molecule has 21 heavy (non-hydrogen) atoms. The molecule has 0 amide bonds. The lowest BCUT2D eigenvalue weighted by molar-refractivity contribution is -0.386. The third kappa shape index (κ3) is 3.45. The van der Waals surface area contributed by atoms with Crippen molar-refractivity contribution in [2.24, 2.45) is 5.92 Å². The van der Waals surface area contributed by atoms with Gasteiger partial charge in [0.05, 0.1) is 10.8 Å². The van der Waals surface area contributed by atoms with Crippen LogP contribution in [0.4, 0.5) is 28.9 Å². The predicted molar refractivity (Wildman–Crippen MR) is 71.7 cm³/mol. The van der Waals surface area contributed by atoms with E-state index in [2.05, 4.69) is 15.9 Å². The lowest BCUT2D eigenvalue weighted by Gasteiger charge is -2.34. The molecular weight excluding hydrogens is 360 g/mol. The molecule has 0 aromatic heterocycles. The number of nitro groups is 1. The van der Waals surface area contributed by atoms with E-state index in [0.717, 1.165) is 6.07 Å². The van der Waals surface area contributed by atoms with Gasteiger partial charge in [0, 0.05) is 17.6 Å². The predicted octanol–water partition coefficient (Wildman–Crippen LogP) is 4.28. The standard InChI is InChI=1S/C12H11BrF4N2O2/c13-8-5-9(14)11(19(20)21)10(6-8)18-3-1-7(2-4-18)12(15,16)17/h5-7H,1-4H2. The first kappa shape index (κ1) is 16.0. The average Bonchev–Trinajstić information content (AvgIpc) is 2.36. The Morgan fingerprint density at radius 3 is 2.33 bits per heavy atom. The van der Waals surface area contributed by atoms with Gasteiger partial charge in [-0.2, -0.15) is 17.6 Å². The third-order valence-electron chi connectivity index (χ3n) is 3.49. The van der Waals surface area contributed by atoms with E-state index in [4.69, 9.17) is 0 Å². The number of nitrogens with zero attached hydrogens (tertiary/aromatic N) is 2. The van der Waals surface area contributed by atoms with Crippen molar-refractivity contribution in [3.63, 3.8) is 0 Å². The van der Waals surface area contributed by atoms with Crippen molar-refractivity contribution in [1.82, 2.24) is 0 Å². The van der Waals surface area contributed by atoms with E-state index in [1.165, 1.54) is 11.0 Å². The number of alkyl halides is 3. The minimum absolute atomic E-state index is 0.000903. The lowest BCUT2D eigenvalue weighted by atomic mass is 9.96. The first-order valence-electron chi connectivity index (χ1n) is 6.15. The molecule has 2 rings (SSSR count). The summed E-state index contributed by atoms with van der Waals surface area (Å²) < 4.78 is 51.8. The fourth-order valence-electron chi connectivity index (χ4n) is 2.42. The first-order valence-corrected chi connectivity index (χ1v) is 6.94. The second-order valence-corrected chi connectivity index (χ2v) is 5.73. The van der Waals surface area contributed by atoms with Gasteiger partial charge in [-0.15, -0.1) is 0 Å². The molecule has 1 fully saturated rings. The summed E-state index contributed by atoms with van der Waals surface area (Å²) in [5, 5.41) is 11.0. The van der Waals surface area contributed by atoms with Crippen molar-refractivity contribution in [3.05, 3.63) is 32.5 Å². The molecule has 4 nitrogen and oxygen atoms in total. The minimum atomic E-state index is -4.26. The van der Waals surface area contributed by atoms with Crippen LogP contribution in [-0.4, -0.2) is 24.2 Å². The summed E-state index contributed by atoms with van der Waals surface area (Å²) >= 11 is 3.04. The Balaban J connectivity index is 2.26. The number of anilines is 1. The highest BCUT2D eigenvalue weighted by Crippen LogP contribution is 2.39. The second-order valence-electron chi connectivity index (χ2n) is 4.82. The van der Waals surface area contributed by atoms with E-state index >= 15 is 0 Å². The minimum Gasteiger partial charge on any atom is -0.366 e. The van der Waals surface area contributed by atoms with Crippen molar-refractivity contribution in [3.8, 4) is 0 Å². The van der Waals surface area contributed by atoms with E-state index in [1.807, 2.05) is 0 Å². The van der Waals surface area contributed by atoms with Crippen LogP contribution in [0.2, 0.25) is 0 Å². The first-order chi connectivity index (χ1) is 9.70. The van der Waals surface area contributed by atoms with Gasteiger partial charge in [0.2, 0.25) is 5.82 Å². The monoisotopic (exact) mass is 370 g/mol. The molecule has 0 bridgehead atoms. The van der Waals surface area contributed by atoms with E-state index in [0.29, 0.717) is 4.47 Å². The number of halogens is 5. The zero-order valence-electron chi connectivity index (χ0n) is 10.7. The van der Waals surface area contributed by atoms with Gasteiger partial charge in [-0.3, -0.25) is 10.1 Å². The highest BCUT2D eigenvalue weighted by atomic mass is 79.9. The van der Waals surface area contributed by atoms with E-state index in [1.54, 1.807) is 0 Å². The molecule has 116 valence electrons.